The van der Waals surface area contributed by atoms with E-state index in [1.807, 2.05) is 10.8 Å². The summed E-state index contributed by atoms with van der Waals surface area (Å²) < 4.78 is 2.03. The van der Waals surface area contributed by atoms with E-state index in [-0.39, 0.29) is 5.78 Å². The molecule has 3 heteroatoms. The minimum absolute atomic E-state index is 0.228. The third kappa shape index (κ3) is 2.19. The second kappa shape index (κ2) is 4.04. The van der Waals surface area contributed by atoms with Crippen LogP contribution in [0.25, 0.3) is 0 Å². The van der Waals surface area contributed by atoms with Crippen LogP contribution in [-0.4, -0.2) is 15.3 Å². The van der Waals surface area contributed by atoms with Crippen molar-refractivity contribution in [3.05, 3.63) is 18.2 Å². The predicted octanol–water partition coefficient (Wildman–Crippen LogP) is 1.42. The molecule has 1 aromatic rings. The smallest absolute Gasteiger partial charge is 0.131 e. The minimum atomic E-state index is 0.228. The molecular formula is C9H14N2O. The van der Waals surface area contributed by atoms with Crippen LogP contribution in [0.15, 0.2) is 12.4 Å². The third-order valence-electron chi connectivity index (χ3n) is 1.82. The van der Waals surface area contributed by atoms with Crippen molar-refractivity contribution in [2.45, 2.75) is 33.2 Å². The molecule has 0 saturated heterocycles. The number of carbonyl (C=O) groups excluding carboxylic acids is 1. The van der Waals surface area contributed by atoms with E-state index in [0.29, 0.717) is 6.42 Å². The van der Waals surface area contributed by atoms with Crippen LogP contribution in [0.1, 0.15) is 26.1 Å². The van der Waals surface area contributed by atoms with Crippen molar-refractivity contribution >= 4 is 5.78 Å². The first kappa shape index (κ1) is 8.97. The number of ketones is 1. The fourth-order valence-corrected chi connectivity index (χ4v) is 1.14. The molecule has 0 fully saturated rings. The molecule has 1 aromatic heterocycles. The molecule has 0 aliphatic carbocycles. The van der Waals surface area contributed by atoms with Gasteiger partial charge in [-0.1, -0.05) is 6.92 Å². The number of hydrogen-bond donors (Lipinski definition) is 0. The van der Waals surface area contributed by atoms with E-state index >= 15 is 0 Å². The fraction of sp³-hybridized carbons (Fsp3) is 0.556. The highest BCUT2D eigenvalue weighted by atomic mass is 16.1. The summed E-state index contributed by atoms with van der Waals surface area (Å²) >= 11 is 0. The summed E-state index contributed by atoms with van der Waals surface area (Å²) in [6, 6.07) is 0. The molecule has 0 aliphatic heterocycles. The molecular weight excluding hydrogens is 152 g/mol. The molecule has 0 unspecified atom stereocenters. The largest absolute Gasteiger partial charge is 0.335 e. The number of imidazole rings is 1. The van der Waals surface area contributed by atoms with Gasteiger partial charge < -0.3 is 4.57 Å². The van der Waals surface area contributed by atoms with Crippen LogP contribution in [0, 0.1) is 0 Å². The van der Waals surface area contributed by atoms with Crippen molar-refractivity contribution < 1.29 is 4.79 Å². The van der Waals surface area contributed by atoms with Gasteiger partial charge in [0, 0.05) is 31.8 Å². The van der Waals surface area contributed by atoms with Crippen molar-refractivity contribution in [3.63, 3.8) is 0 Å². The number of Topliss-reactive ketones (excluding diaryl/α,β-unsaturated/α-hetero) is 1. The van der Waals surface area contributed by atoms with Crippen LogP contribution in [0.2, 0.25) is 0 Å². The topological polar surface area (TPSA) is 34.9 Å². The van der Waals surface area contributed by atoms with E-state index in [0.717, 1.165) is 18.8 Å². The first-order valence-electron chi connectivity index (χ1n) is 4.23. The Kier molecular flexibility index (Phi) is 3.02. The maximum Gasteiger partial charge on any atom is 0.131 e. The third-order valence-corrected chi connectivity index (χ3v) is 1.82. The van der Waals surface area contributed by atoms with E-state index in [2.05, 4.69) is 11.9 Å². The molecule has 0 radical (unpaired) electrons. The van der Waals surface area contributed by atoms with Gasteiger partial charge in [0.1, 0.15) is 11.6 Å². The van der Waals surface area contributed by atoms with Crippen molar-refractivity contribution in [1.82, 2.24) is 9.55 Å². The molecule has 0 amide bonds. The van der Waals surface area contributed by atoms with Crippen LogP contribution in [0.5, 0.6) is 0 Å². The summed E-state index contributed by atoms with van der Waals surface area (Å²) in [7, 11) is 0. The number of nitrogens with zero attached hydrogens (tertiary/aromatic N) is 2. The van der Waals surface area contributed by atoms with E-state index in [4.69, 9.17) is 0 Å². The highest BCUT2D eigenvalue weighted by Gasteiger charge is 2.00. The lowest BCUT2D eigenvalue weighted by Gasteiger charge is -2.03. The van der Waals surface area contributed by atoms with Gasteiger partial charge in [0.05, 0.1) is 0 Å². The van der Waals surface area contributed by atoms with E-state index in [1.165, 1.54) is 0 Å². The second-order valence-electron chi connectivity index (χ2n) is 2.84. The molecule has 12 heavy (non-hydrogen) atoms. The van der Waals surface area contributed by atoms with Crippen LogP contribution < -0.4 is 0 Å². The number of aryl methyl sites for hydroxylation is 2. The summed E-state index contributed by atoms with van der Waals surface area (Å²) in [5, 5.41) is 0. The summed E-state index contributed by atoms with van der Waals surface area (Å²) in [5.41, 5.74) is 0. The Hall–Kier alpha value is -1.12. The first-order valence-corrected chi connectivity index (χ1v) is 4.23. The minimum Gasteiger partial charge on any atom is -0.335 e. The number of hydrogen-bond acceptors (Lipinski definition) is 2. The Morgan fingerprint density at radius 1 is 1.67 bits per heavy atom. The highest BCUT2D eigenvalue weighted by molar-refractivity contribution is 5.75. The molecule has 0 aliphatic rings. The predicted molar refractivity (Wildman–Crippen MR) is 46.9 cm³/mol. The maximum absolute atomic E-state index is 10.7. The summed E-state index contributed by atoms with van der Waals surface area (Å²) in [6.45, 7) is 4.44. The Morgan fingerprint density at radius 3 is 3.00 bits per heavy atom. The van der Waals surface area contributed by atoms with Crippen molar-refractivity contribution in [2.75, 3.05) is 0 Å². The molecule has 0 bridgehead atoms. The summed E-state index contributed by atoms with van der Waals surface area (Å²) in [6.07, 6.45) is 5.22. The van der Waals surface area contributed by atoms with Gasteiger partial charge >= 0.3 is 0 Å². The van der Waals surface area contributed by atoms with Gasteiger partial charge in [-0.15, -0.1) is 0 Å². The van der Waals surface area contributed by atoms with Crippen molar-refractivity contribution in [1.29, 1.82) is 0 Å². The molecule has 0 N–H and O–H groups in total. The zero-order valence-corrected chi connectivity index (χ0v) is 7.58. The van der Waals surface area contributed by atoms with Gasteiger partial charge in [0.15, 0.2) is 0 Å². The van der Waals surface area contributed by atoms with Gasteiger partial charge in [-0.05, 0) is 6.92 Å². The zero-order valence-electron chi connectivity index (χ0n) is 7.58. The van der Waals surface area contributed by atoms with Gasteiger partial charge in [0.2, 0.25) is 0 Å². The van der Waals surface area contributed by atoms with E-state index in [9.17, 15) is 4.79 Å². The first-order chi connectivity index (χ1) is 5.74. The van der Waals surface area contributed by atoms with Crippen LogP contribution in [0.3, 0.4) is 0 Å². The Labute approximate surface area is 72.4 Å². The van der Waals surface area contributed by atoms with Gasteiger partial charge in [-0.2, -0.15) is 0 Å². The number of aromatic nitrogens is 2. The van der Waals surface area contributed by atoms with E-state index in [1.54, 1.807) is 13.1 Å². The van der Waals surface area contributed by atoms with Crippen molar-refractivity contribution in [3.8, 4) is 0 Å². The van der Waals surface area contributed by atoms with Crippen LogP contribution in [-0.2, 0) is 17.8 Å². The SMILES string of the molecule is CCc1nccn1CCC(C)=O. The zero-order chi connectivity index (χ0) is 8.97. The average molecular weight is 166 g/mol. The lowest BCUT2D eigenvalue weighted by Crippen LogP contribution is -2.05. The highest BCUT2D eigenvalue weighted by Crippen LogP contribution is 2.00. The van der Waals surface area contributed by atoms with Crippen LogP contribution in [0.4, 0.5) is 0 Å². The molecule has 1 heterocycles. The van der Waals surface area contributed by atoms with Gasteiger partial charge in [0.25, 0.3) is 0 Å². The Bertz CT molecular complexity index is 265. The normalized spacial score (nSPS) is 10.2. The molecule has 0 atom stereocenters. The molecule has 0 saturated carbocycles. The quantitative estimate of drug-likeness (QED) is 0.678. The lowest BCUT2D eigenvalue weighted by molar-refractivity contribution is -0.117. The van der Waals surface area contributed by atoms with Crippen LogP contribution >= 0.6 is 0 Å². The molecule has 3 nitrogen and oxygen atoms in total. The van der Waals surface area contributed by atoms with Crippen molar-refractivity contribution in [2.24, 2.45) is 0 Å². The maximum atomic E-state index is 10.7. The van der Waals surface area contributed by atoms with E-state index < -0.39 is 0 Å². The van der Waals surface area contributed by atoms with Gasteiger partial charge in [-0.3, -0.25) is 4.79 Å². The molecule has 0 aromatic carbocycles. The average Bonchev–Trinajstić information content (AvgIpc) is 2.47. The lowest BCUT2D eigenvalue weighted by atomic mass is 10.3. The van der Waals surface area contributed by atoms with Gasteiger partial charge in [-0.25, -0.2) is 4.98 Å². The number of rotatable bonds is 4. The Balaban J connectivity index is 2.56. The molecule has 1 rings (SSSR count). The number of carbonyl (C=O) groups is 1. The Morgan fingerprint density at radius 2 is 2.42 bits per heavy atom. The fourth-order valence-electron chi connectivity index (χ4n) is 1.14. The molecule has 66 valence electrons. The monoisotopic (exact) mass is 166 g/mol. The summed E-state index contributed by atoms with van der Waals surface area (Å²) in [4.78, 5) is 14.9. The molecule has 0 spiro atoms. The summed E-state index contributed by atoms with van der Waals surface area (Å²) in [5.74, 6) is 1.28. The second-order valence-corrected chi connectivity index (χ2v) is 2.84. The standard InChI is InChI=1S/C9H14N2O/c1-3-9-10-5-7-11(9)6-4-8(2)12/h5,7H,3-4,6H2,1-2H3.